The molecular formula is C30H29N3O5. The van der Waals surface area contributed by atoms with Crippen LogP contribution in [0.1, 0.15) is 55.0 Å². The number of aromatic nitrogens is 2. The molecule has 38 heavy (non-hydrogen) atoms. The molecule has 8 heteroatoms. The Morgan fingerprint density at radius 1 is 1.03 bits per heavy atom. The first-order valence-electron chi connectivity index (χ1n) is 13.0. The van der Waals surface area contributed by atoms with Gasteiger partial charge in [0.2, 0.25) is 6.79 Å². The van der Waals surface area contributed by atoms with E-state index in [4.69, 9.17) is 23.9 Å². The Hall–Kier alpha value is -4.33. The largest absolute Gasteiger partial charge is 0.493 e. The van der Waals surface area contributed by atoms with Crippen LogP contribution in [-0.4, -0.2) is 29.8 Å². The summed E-state index contributed by atoms with van der Waals surface area (Å²) < 4.78 is 24.2. The highest BCUT2D eigenvalue weighted by Gasteiger charge is 2.22. The molecule has 0 atom stereocenters. The van der Waals surface area contributed by atoms with E-state index in [-0.39, 0.29) is 18.3 Å². The lowest BCUT2D eigenvalue weighted by molar-refractivity contribution is 0.174. The average Bonchev–Trinajstić information content (AvgIpc) is 3.44. The fourth-order valence-corrected chi connectivity index (χ4v) is 5.13. The van der Waals surface area contributed by atoms with Gasteiger partial charge in [-0.2, -0.15) is 9.78 Å². The molecule has 4 aromatic rings. The van der Waals surface area contributed by atoms with Crippen LogP contribution in [0.5, 0.6) is 23.0 Å². The van der Waals surface area contributed by atoms with Crippen molar-refractivity contribution in [3.05, 3.63) is 88.0 Å². The maximum Gasteiger partial charge on any atom is 0.282 e. The molecule has 0 bridgehead atoms. The lowest BCUT2D eigenvalue weighted by Crippen LogP contribution is -2.25. The van der Waals surface area contributed by atoms with Gasteiger partial charge in [0.1, 0.15) is 12.4 Å². The van der Waals surface area contributed by atoms with Crippen molar-refractivity contribution < 1.29 is 18.9 Å². The number of benzene rings is 3. The van der Waals surface area contributed by atoms with E-state index >= 15 is 0 Å². The molecule has 2 aliphatic rings. The van der Waals surface area contributed by atoms with Crippen molar-refractivity contribution in [2.75, 3.05) is 13.9 Å². The number of methoxy groups -OCH3 is 1. The fourth-order valence-electron chi connectivity index (χ4n) is 5.13. The summed E-state index contributed by atoms with van der Waals surface area (Å²) in [6, 6.07) is 18.8. The van der Waals surface area contributed by atoms with Gasteiger partial charge in [-0.1, -0.05) is 43.5 Å². The topological polar surface area (TPSA) is 84.2 Å². The average molecular weight is 512 g/mol. The third kappa shape index (κ3) is 4.69. The summed E-state index contributed by atoms with van der Waals surface area (Å²) in [5.41, 5.74) is 2.16. The van der Waals surface area contributed by atoms with E-state index in [2.05, 4.69) is 5.10 Å². The van der Waals surface area contributed by atoms with Crippen LogP contribution in [-0.2, 0) is 6.61 Å². The molecule has 0 amide bonds. The second-order valence-corrected chi connectivity index (χ2v) is 9.54. The zero-order valence-corrected chi connectivity index (χ0v) is 21.3. The zero-order valence-electron chi connectivity index (χ0n) is 21.3. The molecule has 0 radical (unpaired) electrons. The number of hydrogen-bond acceptors (Lipinski definition) is 7. The smallest absolute Gasteiger partial charge is 0.282 e. The lowest BCUT2D eigenvalue weighted by Gasteiger charge is -2.22. The third-order valence-corrected chi connectivity index (χ3v) is 7.11. The van der Waals surface area contributed by atoms with Gasteiger partial charge in [0.25, 0.3) is 5.56 Å². The normalized spacial score (nSPS) is 15.3. The fraction of sp³-hybridized carbons (Fsp3) is 0.300. The van der Waals surface area contributed by atoms with Gasteiger partial charge in [-0.3, -0.25) is 4.79 Å². The van der Waals surface area contributed by atoms with Crippen molar-refractivity contribution in [2.24, 2.45) is 5.10 Å². The summed E-state index contributed by atoms with van der Waals surface area (Å²) in [5.74, 6) is 3.46. The summed E-state index contributed by atoms with van der Waals surface area (Å²) >= 11 is 0. The monoisotopic (exact) mass is 511 g/mol. The van der Waals surface area contributed by atoms with E-state index in [9.17, 15) is 4.79 Å². The first-order chi connectivity index (χ1) is 18.7. The SMILES string of the molecule is COc1cccc(C=Nn2c(C3CCCCC3)nc3ccccc3c2=O)c1OCc1ccc2c(c1)OCO2. The molecule has 8 nitrogen and oxygen atoms in total. The minimum atomic E-state index is -0.168. The standard InChI is InChI=1S/C30H29N3O5/c1-35-26-13-7-10-22(28(26)36-18-20-14-15-25-27(16-20)38-19-37-25)17-31-33-29(21-8-3-2-4-9-21)32-24-12-6-5-11-23(24)30(33)34/h5-7,10-17,21H,2-4,8-9,18-19H2,1H3. The van der Waals surface area contributed by atoms with Gasteiger partial charge in [-0.25, -0.2) is 4.98 Å². The minimum Gasteiger partial charge on any atom is -0.493 e. The number of nitrogens with zero attached hydrogens (tertiary/aromatic N) is 3. The van der Waals surface area contributed by atoms with Crippen molar-refractivity contribution in [2.45, 2.75) is 44.6 Å². The molecule has 1 aromatic heterocycles. The number of ether oxygens (including phenoxy) is 4. The van der Waals surface area contributed by atoms with Crippen LogP contribution in [0.2, 0.25) is 0 Å². The van der Waals surface area contributed by atoms with E-state index in [0.717, 1.165) is 42.8 Å². The first kappa shape index (κ1) is 24.0. The van der Waals surface area contributed by atoms with E-state index in [1.807, 2.05) is 54.6 Å². The van der Waals surface area contributed by atoms with Gasteiger partial charge in [0.05, 0.1) is 24.2 Å². The van der Waals surface area contributed by atoms with Gasteiger partial charge in [-0.15, -0.1) is 0 Å². The highest BCUT2D eigenvalue weighted by atomic mass is 16.7. The van der Waals surface area contributed by atoms with Gasteiger partial charge in [0.15, 0.2) is 23.0 Å². The minimum absolute atomic E-state index is 0.168. The summed E-state index contributed by atoms with van der Waals surface area (Å²) in [5, 5.41) is 5.23. The maximum atomic E-state index is 13.6. The Kier molecular flexibility index (Phi) is 6.69. The summed E-state index contributed by atoms with van der Waals surface area (Å²) in [6.45, 7) is 0.515. The van der Waals surface area contributed by atoms with Crippen LogP contribution in [0.25, 0.3) is 10.9 Å². The Morgan fingerprint density at radius 2 is 1.87 bits per heavy atom. The molecule has 1 fully saturated rings. The summed E-state index contributed by atoms with van der Waals surface area (Å²) in [7, 11) is 1.60. The molecule has 0 unspecified atom stereocenters. The Bertz CT molecular complexity index is 1560. The molecule has 0 spiro atoms. The quantitative estimate of drug-likeness (QED) is 0.299. The number of para-hydroxylation sites is 2. The molecular weight excluding hydrogens is 482 g/mol. The molecule has 3 aromatic carbocycles. The van der Waals surface area contributed by atoms with Crippen LogP contribution >= 0.6 is 0 Å². The number of rotatable bonds is 7. The lowest BCUT2D eigenvalue weighted by atomic mass is 9.88. The van der Waals surface area contributed by atoms with Gasteiger partial charge in [-0.05, 0) is 54.8 Å². The highest BCUT2D eigenvalue weighted by Crippen LogP contribution is 2.35. The molecule has 1 aliphatic heterocycles. The summed E-state index contributed by atoms with van der Waals surface area (Å²) in [6.07, 6.45) is 7.13. The second kappa shape index (κ2) is 10.6. The van der Waals surface area contributed by atoms with Crippen molar-refractivity contribution in [3.63, 3.8) is 0 Å². The van der Waals surface area contributed by atoms with Gasteiger partial charge < -0.3 is 18.9 Å². The third-order valence-electron chi connectivity index (χ3n) is 7.11. The van der Waals surface area contributed by atoms with Crippen molar-refractivity contribution in [1.82, 2.24) is 9.66 Å². The zero-order chi connectivity index (χ0) is 25.9. The van der Waals surface area contributed by atoms with Crippen molar-refractivity contribution in [1.29, 1.82) is 0 Å². The van der Waals surface area contributed by atoms with Crippen LogP contribution in [0.15, 0.2) is 70.6 Å². The number of hydrogen-bond donors (Lipinski definition) is 0. The Morgan fingerprint density at radius 3 is 2.74 bits per heavy atom. The first-order valence-corrected chi connectivity index (χ1v) is 13.0. The predicted molar refractivity (Wildman–Crippen MR) is 145 cm³/mol. The second-order valence-electron chi connectivity index (χ2n) is 9.54. The van der Waals surface area contributed by atoms with E-state index in [0.29, 0.717) is 40.3 Å². The number of fused-ring (bicyclic) bond motifs is 2. The summed E-state index contributed by atoms with van der Waals surface area (Å²) in [4.78, 5) is 18.5. The predicted octanol–water partition coefficient (Wildman–Crippen LogP) is 5.64. The van der Waals surface area contributed by atoms with Crippen LogP contribution in [0.3, 0.4) is 0 Å². The van der Waals surface area contributed by atoms with Gasteiger partial charge >= 0.3 is 0 Å². The molecule has 1 saturated carbocycles. The van der Waals surface area contributed by atoms with Crippen molar-refractivity contribution >= 4 is 17.1 Å². The molecule has 194 valence electrons. The van der Waals surface area contributed by atoms with Gasteiger partial charge in [0, 0.05) is 11.5 Å². The van der Waals surface area contributed by atoms with Crippen LogP contribution < -0.4 is 24.5 Å². The molecule has 0 N–H and O–H groups in total. The van der Waals surface area contributed by atoms with Crippen LogP contribution in [0.4, 0.5) is 0 Å². The van der Waals surface area contributed by atoms with E-state index in [1.165, 1.54) is 11.1 Å². The molecule has 2 heterocycles. The molecule has 0 saturated heterocycles. The van der Waals surface area contributed by atoms with E-state index in [1.54, 1.807) is 19.4 Å². The Labute approximate surface area is 220 Å². The van der Waals surface area contributed by atoms with Crippen molar-refractivity contribution in [3.8, 4) is 23.0 Å². The van der Waals surface area contributed by atoms with E-state index < -0.39 is 0 Å². The van der Waals surface area contributed by atoms with Crippen LogP contribution in [0, 0.1) is 0 Å². The molecule has 6 rings (SSSR count). The highest BCUT2D eigenvalue weighted by molar-refractivity contribution is 5.85. The Balaban J connectivity index is 1.36. The molecule has 1 aliphatic carbocycles. The maximum absolute atomic E-state index is 13.6.